The summed E-state index contributed by atoms with van der Waals surface area (Å²) in [5, 5.41) is 3.23. The summed E-state index contributed by atoms with van der Waals surface area (Å²) in [6.07, 6.45) is 0. The van der Waals surface area contributed by atoms with Gasteiger partial charge in [0.2, 0.25) is 11.9 Å². The molecule has 0 atom stereocenters. The van der Waals surface area contributed by atoms with E-state index in [0.29, 0.717) is 5.95 Å². The molecule has 7 nitrogen and oxygen atoms in total. The predicted molar refractivity (Wildman–Crippen MR) is 112 cm³/mol. The van der Waals surface area contributed by atoms with Crippen molar-refractivity contribution in [3.8, 4) is 0 Å². The number of aryl methyl sites for hydroxylation is 1. The maximum Gasteiger partial charge on any atom is 0.232 e. The van der Waals surface area contributed by atoms with Gasteiger partial charge in [-0.1, -0.05) is 30.3 Å². The van der Waals surface area contributed by atoms with Gasteiger partial charge in [0, 0.05) is 11.4 Å². The van der Waals surface area contributed by atoms with Crippen LogP contribution >= 0.6 is 0 Å². The Labute approximate surface area is 165 Å². The Morgan fingerprint density at radius 2 is 1.79 bits per heavy atom. The van der Waals surface area contributed by atoms with Crippen molar-refractivity contribution in [2.45, 2.75) is 13.5 Å². The van der Waals surface area contributed by atoms with Crippen LogP contribution in [0.1, 0.15) is 11.4 Å². The number of para-hydroxylation sites is 1. The van der Waals surface area contributed by atoms with Crippen LogP contribution in [0.3, 0.4) is 0 Å². The molecule has 28 heavy (non-hydrogen) atoms. The summed E-state index contributed by atoms with van der Waals surface area (Å²) in [5.74, 6) is 1.48. The lowest BCUT2D eigenvalue weighted by Gasteiger charge is -2.33. The number of nitrogens with one attached hydrogen (secondary N) is 2. The number of piperazine rings is 1. The van der Waals surface area contributed by atoms with Crippen molar-refractivity contribution >= 4 is 23.3 Å². The molecule has 0 amide bonds. The van der Waals surface area contributed by atoms with Crippen LogP contribution in [0, 0.1) is 6.92 Å². The van der Waals surface area contributed by atoms with E-state index in [1.54, 1.807) is 0 Å². The summed E-state index contributed by atoms with van der Waals surface area (Å²) >= 11 is 0. The Morgan fingerprint density at radius 1 is 1.00 bits per heavy atom. The fraction of sp³-hybridized carbons (Fsp3) is 0.286. The zero-order chi connectivity index (χ0) is 19.3. The first kappa shape index (κ1) is 18.2. The molecule has 1 fully saturated rings. The number of quaternary nitrogens is 1. The van der Waals surface area contributed by atoms with Gasteiger partial charge in [-0.25, -0.2) is 0 Å². The highest BCUT2D eigenvalue weighted by Gasteiger charge is 2.21. The summed E-state index contributed by atoms with van der Waals surface area (Å²) in [4.78, 5) is 17.0. The number of nitrogens with zero attached hydrogens (tertiary/aromatic N) is 4. The molecule has 0 unspecified atom stereocenters. The smallest absolute Gasteiger partial charge is 0.232 e. The van der Waals surface area contributed by atoms with Gasteiger partial charge in [-0.05, 0) is 36.8 Å². The fourth-order valence-electron chi connectivity index (χ4n) is 3.55. The Bertz CT molecular complexity index is 921. The zero-order valence-electron chi connectivity index (χ0n) is 16.1. The second-order valence-corrected chi connectivity index (χ2v) is 7.18. The van der Waals surface area contributed by atoms with E-state index in [1.165, 1.54) is 16.2 Å². The molecule has 2 aromatic carbocycles. The predicted octanol–water partition coefficient (Wildman–Crippen LogP) is 1.41. The summed E-state index contributed by atoms with van der Waals surface area (Å²) < 4.78 is 0. The molecule has 3 aromatic rings. The van der Waals surface area contributed by atoms with Crippen molar-refractivity contribution in [3.05, 3.63) is 66.0 Å². The number of anilines is 4. The third-order valence-corrected chi connectivity index (χ3v) is 4.97. The molecule has 4 rings (SSSR count). The number of rotatable bonds is 5. The fourth-order valence-corrected chi connectivity index (χ4v) is 3.55. The summed E-state index contributed by atoms with van der Waals surface area (Å²) in [6, 6.07) is 18.7. The molecule has 1 aliphatic rings. The molecule has 0 saturated carbocycles. The molecule has 0 aliphatic carbocycles. The Hall–Kier alpha value is -3.19. The maximum absolute atomic E-state index is 5.93. The van der Waals surface area contributed by atoms with E-state index in [1.807, 2.05) is 18.2 Å². The van der Waals surface area contributed by atoms with E-state index in [9.17, 15) is 0 Å². The zero-order valence-corrected chi connectivity index (χ0v) is 16.1. The molecular weight excluding hydrogens is 350 g/mol. The lowest BCUT2D eigenvalue weighted by molar-refractivity contribution is -0.915. The van der Waals surface area contributed by atoms with Gasteiger partial charge in [-0.3, -0.25) is 0 Å². The first-order chi connectivity index (χ1) is 13.7. The van der Waals surface area contributed by atoms with E-state index < -0.39 is 0 Å². The molecule has 1 saturated heterocycles. The Balaban J connectivity index is 1.39. The first-order valence-corrected chi connectivity index (χ1v) is 9.63. The minimum absolute atomic E-state index is 0.252. The third kappa shape index (κ3) is 4.55. The van der Waals surface area contributed by atoms with Gasteiger partial charge in [-0.2, -0.15) is 15.0 Å². The molecule has 0 radical (unpaired) electrons. The minimum atomic E-state index is 0.252. The average Bonchev–Trinajstić information content (AvgIpc) is 2.69. The van der Waals surface area contributed by atoms with E-state index in [-0.39, 0.29) is 5.95 Å². The van der Waals surface area contributed by atoms with Crippen molar-refractivity contribution in [1.82, 2.24) is 15.0 Å². The molecule has 2 heterocycles. The molecule has 1 aromatic heterocycles. The number of hydrogen-bond donors (Lipinski definition) is 3. The molecule has 4 N–H and O–H groups in total. The summed E-state index contributed by atoms with van der Waals surface area (Å²) in [7, 11) is 0. The van der Waals surface area contributed by atoms with Crippen LogP contribution in [0.4, 0.5) is 23.3 Å². The van der Waals surface area contributed by atoms with Crippen LogP contribution < -0.4 is 20.9 Å². The summed E-state index contributed by atoms with van der Waals surface area (Å²) in [6.45, 7) is 6.93. The standard InChI is InChI=1S/C21H25N7/c1-16-6-5-7-17(14-16)23-21-25-19(24-20(22)26-21)15-27-10-12-28(13-11-27)18-8-3-2-4-9-18/h2-9,14H,10-13,15H2,1H3,(H3,22,23,24,25,26)/p+1. The van der Waals surface area contributed by atoms with E-state index in [2.05, 4.69) is 68.5 Å². The highest BCUT2D eigenvalue weighted by molar-refractivity contribution is 5.54. The number of aromatic nitrogens is 3. The quantitative estimate of drug-likeness (QED) is 0.624. The molecular formula is C21H26N7+. The number of benzene rings is 2. The highest BCUT2D eigenvalue weighted by atomic mass is 15.3. The average molecular weight is 376 g/mol. The van der Waals surface area contributed by atoms with Crippen LogP contribution in [0.2, 0.25) is 0 Å². The van der Waals surface area contributed by atoms with Gasteiger partial charge < -0.3 is 20.9 Å². The lowest BCUT2D eigenvalue weighted by atomic mass is 10.2. The van der Waals surface area contributed by atoms with Crippen LogP contribution in [-0.2, 0) is 6.54 Å². The maximum atomic E-state index is 5.93. The summed E-state index contributed by atoms with van der Waals surface area (Å²) in [5.41, 5.74) is 9.33. The second-order valence-electron chi connectivity index (χ2n) is 7.18. The number of nitrogens with two attached hydrogens (primary N) is 1. The van der Waals surface area contributed by atoms with Crippen molar-refractivity contribution in [1.29, 1.82) is 0 Å². The van der Waals surface area contributed by atoms with Crippen LogP contribution in [0.15, 0.2) is 54.6 Å². The van der Waals surface area contributed by atoms with Crippen LogP contribution in [0.5, 0.6) is 0 Å². The van der Waals surface area contributed by atoms with Crippen molar-refractivity contribution in [3.63, 3.8) is 0 Å². The molecule has 7 heteroatoms. The monoisotopic (exact) mass is 376 g/mol. The normalized spacial score (nSPS) is 14.8. The molecule has 1 aliphatic heterocycles. The van der Waals surface area contributed by atoms with Gasteiger partial charge >= 0.3 is 0 Å². The van der Waals surface area contributed by atoms with Crippen molar-refractivity contribution in [2.75, 3.05) is 42.1 Å². The highest BCUT2D eigenvalue weighted by Crippen LogP contribution is 2.15. The van der Waals surface area contributed by atoms with Crippen LogP contribution in [-0.4, -0.2) is 41.1 Å². The molecule has 144 valence electrons. The Morgan fingerprint density at radius 3 is 2.54 bits per heavy atom. The van der Waals surface area contributed by atoms with E-state index in [4.69, 9.17) is 5.73 Å². The van der Waals surface area contributed by atoms with Gasteiger partial charge in [0.05, 0.1) is 26.2 Å². The number of hydrogen-bond acceptors (Lipinski definition) is 6. The van der Waals surface area contributed by atoms with Gasteiger partial charge in [-0.15, -0.1) is 0 Å². The third-order valence-electron chi connectivity index (χ3n) is 4.97. The Kier molecular flexibility index (Phi) is 5.34. The second kappa shape index (κ2) is 8.22. The largest absolute Gasteiger partial charge is 0.368 e. The van der Waals surface area contributed by atoms with E-state index in [0.717, 1.165) is 44.2 Å². The number of nitrogen functional groups attached to an aromatic ring is 1. The van der Waals surface area contributed by atoms with Gasteiger partial charge in [0.1, 0.15) is 6.54 Å². The van der Waals surface area contributed by atoms with Crippen molar-refractivity contribution < 1.29 is 4.90 Å². The van der Waals surface area contributed by atoms with E-state index >= 15 is 0 Å². The molecule has 0 spiro atoms. The SMILES string of the molecule is Cc1cccc(Nc2nc(N)nc(C[NH+]3CCN(c4ccccc4)CC3)n2)c1. The topological polar surface area (TPSA) is 84.4 Å². The van der Waals surface area contributed by atoms with Gasteiger partial charge in [0.15, 0.2) is 5.82 Å². The molecule has 0 bridgehead atoms. The van der Waals surface area contributed by atoms with Crippen molar-refractivity contribution in [2.24, 2.45) is 0 Å². The lowest BCUT2D eigenvalue weighted by Crippen LogP contribution is -3.13. The van der Waals surface area contributed by atoms with Crippen LogP contribution in [0.25, 0.3) is 0 Å². The minimum Gasteiger partial charge on any atom is -0.368 e. The first-order valence-electron chi connectivity index (χ1n) is 9.63. The van der Waals surface area contributed by atoms with Gasteiger partial charge in [0.25, 0.3) is 0 Å².